The van der Waals surface area contributed by atoms with Gasteiger partial charge in [-0.25, -0.2) is 0 Å². The number of nitrogens with one attached hydrogen (secondary N) is 1. The van der Waals surface area contributed by atoms with Crippen LogP contribution in [0, 0.1) is 0 Å². The van der Waals surface area contributed by atoms with E-state index in [-0.39, 0.29) is 0 Å². The van der Waals surface area contributed by atoms with Gasteiger partial charge >= 0.3 is 0 Å². The van der Waals surface area contributed by atoms with Crippen molar-refractivity contribution in [2.75, 3.05) is 39.4 Å². The Morgan fingerprint density at radius 3 is 2.63 bits per heavy atom. The van der Waals surface area contributed by atoms with E-state index in [1.165, 1.54) is 44.3 Å². The van der Waals surface area contributed by atoms with Gasteiger partial charge in [-0.2, -0.15) is 0 Å². The molecule has 1 aliphatic rings. The second-order valence-corrected chi connectivity index (χ2v) is 5.78. The molecule has 0 unspecified atom stereocenters. The van der Waals surface area contributed by atoms with E-state index in [0.717, 1.165) is 26.3 Å². The van der Waals surface area contributed by atoms with Crippen molar-refractivity contribution in [3.05, 3.63) is 11.6 Å². The van der Waals surface area contributed by atoms with Crippen LogP contribution < -0.4 is 5.32 Å². The Hall–Kier alpha value is -0.380. The lowest BCUT2D eigenvalue weighted by Crippen LogP contribution is -2.43. The van der Waals surface area contributed by atoms with Crippen LogP contribution in [0.4, 0.5) is 0 Å². The Morgan fingerprint density at radius 1 is 1.26 bits per heavy atom. The fourth-order valence-corrected chi connectivity index (χ4v) is 2.32. The van der Waals surface area contributed by atoms with E-state index in [4.69, 9.17) is 4.74 Å². The van der Waals surface area contributed by atoms with Crippen LogP contribution in [0.1, 0.15) is 46.5 Å². The molecule has 1 saturated heterocycles. The van der Waals surface area contributed by atoms with Crippen molar-refractivity contribution in [2.45, 2.75) is 52.5 Å². The van der Waals surface area contributed by atoms with Crippen LogP contribution in [0.5, 0.6) is 0 Å². The molecule has 0 bridgehead atoms. The highest BCUT2D eigenvalue weighted by molar-refractivity contribution is 4.95. The zero-order valence-corrected chi connectivity index (χ0v) is 13.1. The average molecular weight is 268 g/mol. The number of allylic oxidation sites excluding steroid dienone is 1. The molecule has 0 saturated carbocycles. The van der Waals surface area contributed by atoms with Gasteiger partial charge in [0.1, 0.15) is 0 Å². The van der Waals surface area contributed by atoms with Gasteiger partial charge in [0.2, 0.25) is 0 Å². The molecule has 0 aromatic rings. The predicted molar refractivity (Wildman–Crippen MR) is 82.6 cm³/mol. The lowest BCUT2D eigenvalue weighted by Gasteiger charge is -2.31. The average Bonchev–Trinajstić information content (AvgIpc) is 2.41. The standard InChI is InChI=1S/C16H32N2O/c1-4-5-13-19-14-9-17-16-7-11-18(12-8-16)10-6-15(2)3/h6,16-17H,4-5,7-14H2,1-3H3. The summed E-state index contributed by atoms with van der Waals surface area (Å²) in [5.74, 6) is 0. The van der Waals surface area contributed by atoms with E-state index < -0.39 is 0 Å². The third-order valence-corrected chi connectivity index (χ3v) is 3.67. The molecule has 3 nitrogen and oxygen atoms in total. The zero-order valence-electron chi connectivity index (χ0n) is 13.1. The number of likely N-dealkylation sites (tertiary alicyclic amines) is 1. The first-order chi connectivity index (χ1) is 9.22. The molecule has 1 N–H and O–H groups in total. The summed E-state index contributed by atoms with van der Waals surface area (Å²) in [6.45, 7) is 12.9. The number of hydrogen-bond acceptors (Lipinski definition) is 3. The smallest absolute Gasteiger partial charge is 0.0591 e. The minimum atomic E-state index is 0.692. The van der Waals surface area contributed by atoms with Crippen LogP contribution in [-0.4, -0.2) is 50.3 Å². The summed E-state index contributed by atoms with van der Waals surface area (Å²) in [6.07, 6.45) is 7.27. The molecular weight excluding hydrogens is 236 g/mol. The number of hydrogen-bond donors (Lipinski definition) is 1. The maximum absolute atomic E-state index is 5.57. The zero-order chi connectivity index (χ0) is 13.9. The van der Waals surface area contributed by atoms with Gasteiger partial charge in [-0.05, 0) is 46.2 Å². The van der Waals surface area contributed by atoms with Gasteiger partial charge in [-0.1, -0.05) is 25.0 Å². The monoisotopic (exact) mass is 268 g/mol. The lowest BCUT2D eigenvalue weighted by atomic mass is 10.1. The summed E-state index contributed by atoms with van der Waals surface area (Å²) in [7, 11) is 0. The number of piperidine rings is 1. The number of nitrogens with zero attached hydrogens (tertiary/aromatic N) is 1. The highest BCUT2D eigenvalue weighted by Gasteiger charge is 2.17. The maximum Gasteiger partial charge on any atom is 0.0591 e. The molecule has 1 heterocycles. The molecule has 112 valence electrons. The molecule has 1 fully saturated rings. The quantitative estimate of drug-likeness (QED) is 0.514. The Morgan fingerprint density at radius 2 is 2.00 bits per heavy atom. The van der Waals surface area contributed by atoms with Crippen molar-refractivity contribution >= 4 is 0 Å². The normalized spacial score (nSPS) is 17.6. The first kappa shape index (κ1) is 16.7. The van der Waals surface area contributed by atoms with E-state index in [9.17, 15) is 0 Å². The van der Waals surface area contributed by atoms with Gasteiger partial charge in [-0.15, -0.1) is 0 Å². The second kappa shape index (κ2) is 10.4. The van der Waals surface area contributed by atoms with Gasteiger partial charge in [0.25, 0.3) is 0 Å². The Bertz CT molecular complexity index is 241. The van der Waals surface area contributed by atoms with Gasteiger partial charge in [0.05, 0.1) is 6.61 Å². The topological polar surface area (TPSA) is 24.5 Å². The van der Waals surface area contributed by atoms with E-state index in [0.29, 0.717) is 6.04 Å². The van der Waals surface area contributed by atoms with Crippen LogP contribution in [-0.2, 0) is 4.74 Å². The van der Waals surface area contributed by atoms with Crippen molar-refractivity contribution in [2.24, 2.45) is 0 Å². The van der Waals surface area contributed by atoms with Crippen LogP contribution in [0.3, 0.4) is 0 Å². The predicted octanol–water partition coefficient (Wildman–Crippen LogP) is 2.82. The molecule has 0 aromatic carbocycles. The van der Waals surface area contributed by atoms with Crippen LogP contribution >= 0.6 is 0 Å². The fraction of sp³-hybridized carbons (Fsp3) is 0.875. The second-order valence-electron chi connectivity index (χ2n) is 5.78. The summed E-state index contributed by atoms with van der Waals surface area (Å²) in [5, 5.41) is 3.62. The largest absolute Gasteiger partial charge is 0.380 e. The summed E-state index contributed by atoms with van der Waals surface area (Å²) in [6, 6.07) is 0.692. The molecule has 0 aliphatic carbocycles. The Kier molecular flexibility index (Phi) is 9.14. The third kappa shape index (κ3) is 8.40. The maximum atomic E-state index is 5.57. The number of unbranched alkanes of at least 4 members (excludes halogenated alkanes) is 1. The molecule has 1 rings (SSSR count). The van der Waals surface area contributed by atoms with Gasteiger partial charge in [-0.3, -0.25) is 4.90 Å². The lowest BCUT2D eigenvalue weighted by molar-refractivity contribution is 0.126. The highest BCUT2D eigenvalue weighted by atomic mass is 16.5. The summed E-state index contributed by atoms with van der Waals surface area (Å²) >= 11 is 0. The summed E-state index contributed by atoms with van der Waals surface area (Å²) < 4.78 is 5.57. The summed E-state index contributed by atoms with van der Waals surface area (Å²) in [5.41, 5.74) is 1.42. The van der Waals surface area contributed by atoms with Crippen molar-refractivity contribution in [3.63, 3.8) is 0 Å². The molecule has 1 aliphatic heterocycles. The van der Waals surface area contributed by atoms with E-state index in [2.05, 4.69) is 37.1 Å². The molecule has 0 amide bonds. The summed E-state index contributed by atoms with van der Waals surface area (Å²) in [4.78, 5) is 2.54. The highest BCUT2D eigenvalue weighted by Crippen LogP contribution is 2.10. The first-order valence-electron chi connectivity index (χ1n) is 7.89. The van der Waals surface area contributed by atoms with Crippen molar-refractivity contribution < 1.29 is 4.74 Å². The molecule has 0 aromatic heterocycles. The fourth-order valence-electron chi connectivity index (χ4n) is 2.32. The Labute approximate surface area is 119 Å². The van der Waals surface area contributed by atoms with Crippen molar-refractivity contribution in [1.82, 2.24) is 10.2 Å². The molecule has 0 atom stereocenters. The van der Waals surface area contributed by atoms with Gasteiger partial charge in [0, 0.05) is 25.7 Å². The number of rotatable bonds is 9. The molecule has 3 heteroatoms. The van der Waals surface area contributed by atoms with E-state index in [1.807, 2.05) is 0 Å². The van der Waals surface area contributed by atoms with Crippen molar-refractivity contribution in [1.29, 1.82) is 0 Å². The Balaban J connectivity index is 1.99. The first-order valence-corrected chi connectivity index (χ1v) is 7.89. The van der Waals surface area contributed by atoms with Crippen molar-refractivity contribution in [3.8, 4) is 0 Å². The minimum Gasteiger partial charge on any atom is -0.380 e. The minimum absolute atomic E-state index is 0.692. The van der Waals surface area contributed by atoms with Gasteiger partial charge in [0.15, 0.2) is 0 Å². The van der Waals surface area contributed by atoms with E-state index >= 15 is 0 Å². The molecule has 19 heavy (non-hydrogen) atoms. The van der Waals surface area contributed by atoms with Crippen LogP contribution in [0.25, 0.3) is 0 Å². The van der Waals surface area contributed by atoms with Crippen LogP contribution in [0.15, 0.2) is 11.6 Å². The van der Waals surface area contributed by atoms with Gasteiger partial charge < -0.3 is 10.1 Å². The van der Waals surface area contributed by atoms with Crippen LogP contribution in [0.2, 0.25) is 0 Å². The molecule has 0 radical (unpaired) electrons. The SMILES string of the molecule is CCCCOCCNC1CCN(CC=C(C)C)CC1. The van der Waals surface area contributed by atoms with E-state index in [1.54, 1.807) is 0 Å². The number of ether oxygens (including phenoxy) is 1. The molecular formula is C16H32N2O. The molecule has 0 spiro atoms. The third-order valence-electron chi connectivity index (χ3n) is 3.67.